The van der Waals surface area contributed by atoms with Gasteiger partial charge in [-0.2, -0.15) is 0 Å². The summed E-state index contributed by atoms with van der Waals surface area (Å²) in [5.74, 6) is -1.07. The average molecular weight is 369 g/mol. The molecule has 27 heavy (non-hydrogen) atoms. The molecule has 1 fully saturated rings. The lowest BCUT2D eigenvalue weighted by atomic mass is 9.97. The summed E-state index contributed by atoms with van der Waals surface area (Å²) in [6, 6.07) is 12.0. The second-order valence-corrected chi connectivity index (χ2v) is 7.06. The van der Waals surface area contributed by atoms with Gasteiger partial charge in [0.05, 0.1) is 11.6 Å². The number of anilines is 2. The Morgan fingerprint density at radius 3 is 2.59 bits per heavy atom. The summed E-state index contributed by atoms with van der Waals surface area (Å²) in [5, 5.41) is 5.52. The summed E-state index contributed by atoms with van der Waals surface area (Å²) < 4.78 is 14.0. The summed E-state index contributed by atoms with van der Waals surface area (Å²) in [7, 11) is 0. The van der Waals surface area contributed by atoms with Gasteiger partial charge in [-0.05, 0) is 62.1 Å². The zero-order valence-electron chi connectivity index (χ0n) is 15.6. The molecule has 0 radical (unpaired) electrons. The number of hydrogen-bond acceptors (Lipinski definition) is 2. The Kier molecular flexibility index (Phi) is 5.74. The number of carbonyl (C=O) groups excluding carboxylic acids is 2. The van der Waals surface area contributed by atoms with E-state index in [-0.39, 0.29) is 23.5 Å². The van der Waals surface area contributed by atoms with Gasteiger partial charge in [-0.3, -0.25) is 4.79 Å². The van der Waals surface area contributed by atoms with Crippen LogP contribution in [0.25, 0.3) is 0 Å². The molecule has 2 N–H and O–H groups in total. The molecule has 142 valence electrons. The van der Waals surface area contributed by atoms with Crippen LogP contribution in [-0.4, -0.2) is 29.9 Å². The van der Waals surface area contributed by atoms with Crippen molar-refractivity contribution in [2.45, 2.75) is 26.7 Å². The first-order valence-corrected chi connectivity index (χ1v) is 9.12. The predicted octanol–water partition coefficient (Wildman–Crippen LogP) is 4.33. The minimum atomic E-state index is -0.451. The van der Waals surface area contributed by atoms with E-state index in [2.05, 4.69) is 10.6 Å². The van der Waals surface area contributed by atoms with Gasteiger partial charge in [0.2, 0.25) is 5.91 Å². The molecule has 0 aliphatic carbocycles. The van der Waals surface area contributed by atoms with E-state index in [1.807, 2.05) is 31.2 Å². The van der Waals surface area contributed by atoms with Crippen LogP contribution in [0, 0.1) is 25.6 Å². The summed E-state index contributed by atoms with van der Waals surface area (Å²) in [6.45, 7) is 4.67. The highest BCUT2D eigenvalue weighted by Gasteiger charge is 2.29. The normalized spacial score (nSPS) is 16.7. The van der Waals surface area contributed by atoms with Crippen LogP contribution in [0.1, 0.15) is 24.0 Å². The van der Waals surface area contributed by atoms with E-state index in [1.54, 1.807) is 24.0 Å². The number of nitrogens with one attached hydrogen (secondary N) is 2. The van der Waals surface area contributed by atoms with E-state index < -0.39 is 5.82 Å². The third-order valence-electron chi connectivity index (χ3n) is 4.73. The molecule has 2 aromatic carbocycles. The van der Waals surface area contributed by atoms with Gasteiger partial charge in [0, 0.05) is 18.8 Å². The standard InChI is InChI=1S/C21H24FN3O2/c1-14-5-3-7-17(11-14)23-21(27)25-10-4-6-16(13-25)20(26)24-19-9-8-15(2)12-18(19)22/h3,5,7-9,11-12,16H,4,6,10,13H2,1-2H3,(H,23,27)(H,24,26). The van der Waals surface area contributed by atoms with Gasteiger partial charge in [0.15, 0.2) is 0 Å². The number of urea groups is 1. The Morgan fingerprint density at radius 1 is 1.07 bits per heavy atom. The Hall–Kier alpha value is -2.89. The molecular weight excluding hydrogens is 345 g/mol. The number of nitrogens with zero attached hydrogens (tertiary/aromatic N) is 1. The lowest BCUT2D eigenvalue weighted by molar-refractivity contribution is -0.121. The monoisotopic (exact) mass is 369 g/mol. The first-order valence-electron chi connectivity index (χ1n) is 9.12. The summed E-state index contributed by atoms with van der Waals surface area (Å²) in [5.41, 5.74) is 2.76. The molecule has 1 saturated heterocycles. The molecule has 1 unspecified atom stereocenters. The predicted molar refractivity (Wildman–Crippen MR) is 104 cm³/mol. The number of rotatable bonds is 3. The highest BCUT2D eigenvalue weighted by atomic mass is 19.1. The van der Waals surface area contributed by atoms with Gasteiger partial charge in [-0.1, -0.05) is 18.2 Å². The first kappa shape index (κ1) is 18.9. The van der Waals surface area contributed by atoms with Crippen molar-refractivity contribution in [1.29, 1.82) is 0 Å². The zero-order chi connectivity index (χ0) is 19.4. The number of amides is 3. The third kappa shape index (κ3) is 4.84. The third-order valence-corrected chi connectivity index (χ3v) is 4.73. The SMILES string of the molecule is Cc1cccc(NC(=O)N2CCCC(C(=O)Nc3ccc(C)cc3F)C2)c1. The van der Waals surface area contributed by atoms with Crippen molar-refractivity contribution in [2.75, 3.05) is 23.7 Å². The fourth-order valence-electron chi connectivity index (χ4n) is 3.26. The number of carbonyl (C=O) groups is 2. The van der Waals surface area contributed by atoms with Crippen LogP contribution in [0.2, 0.25) is 0 Å². The van der Waals surface area contributed by atoms with E-state index in [1.165, 1.54) is 6.07 Å². The molecule has 2 aromatic rings. The van der Waals surface area contributed by atoms with Crippen molar-refractivity contribution in [3.05, 3.63) is 59.4 Å². The minimum absolute atomic E-state index is 0.173. The number of aryl methyl sites for hydroxylation is 2. The summed E-state index contributed by atoms with van der Waals surface area (Å²) >= 11 is 0. The van der Waals surface area contributed by atoms with Crippen LogP contribution in [0.3, 0.4) is 0 Å². The van der Waals surface area contributed by atoms with Crippen LogP contribution in [-0.2, 0) is 4.79 Å². The molecular formula is C21H24FN3O2. The average Bonchev–Trinajstić information content (AvgIpc) is 2.64. The molecule has 1 aliphatic rings. The summed E-state index contributed by atoms with van der Waals surface area (Å²) in [6.07, 6.45) is 1.41. The number of benzene rings is 2. The number of hydrogen-bond donors (Lipinski definition) is 2. The van der Waals surface area contributed by atoms with E-state index in [0.29, 0.717) is 19.5 Å². The van der Waals surface area contributed by atoms with Crippen molar-refractivity contribution in [3.63, 3.8) is 0 Å². The second kappa shape index (κ2) is 8.20. The molecule has 3 amide bonds. The lowest BCUT2D eigenvalue weighted by Gasteiger charge is -2.32. The van der Waals surface area contributed by atoms with Crippen LogP contribution >= 0.6 is 0 Å². The summed E-state index contributed by atoms with van der Waals surface area (Å²) in [4.78, 5) is 26.7. The molecule has 0 aromatic heterocycles. The smallest absolute Gasteiger partial charge is 0.321 e. The van der Waals surface area contributed by atoms with Crippen molar-refractivity contribution in [1.82, 2.24) is 4.90 Å². The van der Waals surface area contributed by atoms with Gasteiger partial charge in [-0.15, -0.1) is 0 Å². The molecule has 1 heterocycles. The minimum Gasteiger partial charge on any atom is -0.324 e. The fourth-order valence-corrected chi connectivity index (χ4v) is 3.26. The molecule has 0 bridgehead atoms. The maximum absolute atomic E-state index is 14.0. The Labute approximate surface area is 158 Å². The zero-order valence-corrected chi connectivity index (χ0v) is 15.6. The van der Waals surface area contributed by atoms with Gasteiger partial charge in [0.25, 0.3) is 0 Å². The molecule has 1 aliphatic heterocycles. The van der Waals surface area contributed by atoms with Crippen LogP contribution in [0.15, 0.2) is 42.5 Å². The van der Waals surface area contributed by atoms with Gasteiger partial charge < -0.3 is 15.5 Å². The Bertz CT molecular complexity index is 853. The second-order valence-electron chi connectivity index (χ2n) is 7.06. The van der Waals surface area contributed by atoms with Gasteiger partial charge in [0.1, 0.15) is 5.82 Å². The highest BCUT2D eigenvalue weighted by molar-refractivity contribution is 5.94. The molecule has 1 atom stereocenters. The number of halogens is 1. The van der Waals surface area contributed by atoms with Crippen molar-refractivity contribution >= 4 is 23.3 Å². The molecule has 6 heteroatoms. The van der Waals surface area contributed by atoms with E-state index in [0.717, 1.165) is 23.2 Å². The fraction of sp³-hybridized carbons (Fsp3) is 0.333. The van der Waals surface area contributed by atoms with Crippen molar-refractivity contribution in [2.24, 2.45) is 5.92 Å². The first-order chi connectivity index (χ1) is 12.9. The van der Waals surface area contributed by atoms with Gasteiger partial charge >= 0.3 is 6.03 Å². The molecule has 0 saturated carbocycles. The van der Waals surface area contributed by atoms with E-state index >= 15 is 0 Å². The van der Waals surface area contributed by atoms with Gasteiger partial charge in [-0.25, -0.2) is 9.18 Å². The van der Waals surface area contributed by atoms with Crippen molar-refractivity contribution in [3.8, 4) is 0 Å². The Balaban J connectivity index is 1.61. The van der Waals surface area contributed by atoms with E-state index in [4.69, 9.17) is 0 Å². The topological polar surface area (TPSA) is 61.4 Å². The van der Waals surface area contributed by atoms with Crippen molar-refractivity contribution < 1.29 is 14.0 Å². The molecule has 3 rings (SSSR count). The quantitative estimate of drug-likeness (QED) is 0.846. The molecule has 0 spiro atoms. The van der Waals surface area contributed by atoms with Crippen LogP contribution < -0.4 is 10.6 Å². The maximum atomic E-state index is 14.0. The van der Waals surface area contributed by atoms with Crippen LogP contribution in [0.4, 0.5) is 20.6 Å². The van der Waals surface area contributed by atoms with E-state index in [9.17, 15) is 14.0 Å². The number of likely N-dealkylation sites (tertiary alicyclic amines) is 1. The number of piperidine rings is 1. The highest BCUT2D eigenvalue weighted by Crippen LogP contribution is 2.22. The lowest BCUT2D eigenvalue weighted by Crippen LogP contribution is -2.45. The Morgan fingerprint density at radius 2 is 1.85 bits per heavy atom. The van der Waals surface area contributed by atoms with Crippen LogP contribution in [0.5, 0.6) is 0 Å². The maximum Gasteiger partial charge on any atom is 0.321 e. The largest absolute Gasteiger partial charge is 0.324 e. The molecule has 5 nitrogen and oxygen atoms in total.